The molecule has 0 fully saturated rings. The van der Waals surface area contributed by atoms with Crippen molar-refractivity contribution in [1.82, 2.24) is 4.98 Å². The third-order valence-corrected chi connectivity index (χ3v) is 3.00. The molecule has 1 aromatic carbocycles. The van der Waals surface area contributed by atoms with Crippen molar-refractivity contribution in [2.45, 2.75) is 26.4 Å². The van der Waals surface area contributed by atoms with Crippen molar-refractivity contribution in [1.29, 1.82) is 0 Å². The lowest BCUT2D eigenvalue weighted by atomic mass is 9.99. The molecule has 0 radical (unpaired) electrons. The van der Waals surface area contributed by atoms with Crippen molar-refractivity contribution >= 4 is 0 Å². The predicted molar refractivity (Wildman–Crippen MR) is 70.1 cm³/mol. The molecule has 1 unspecified atom stereocenters. The zero-order chi connectivity index (χ0) is 14.0. The van der Waals surface area contributed by atoms with Crippen LogP contribution in [0.25, 0.3) is 11.1 Å². The van der Waals surface area contributed by atoms with Crippen molar-refractivity contribution in [2.24, 2.45) is 0 Å². The normalized spacial score (nSPS) is 12.7. The average molecular weight is 263 g/mol. The summed E-state index contributed by atoms with van der Waals surface area (Å²) >= 11 is 0. The van der Waals surface area contributed by atoms with E-state index in [0.29, 0.717) is 0 Å². The van der Waals surface area contributed by atoms with Crippen LogP contribution in [0, 0.1) is 13.8 Å². The molecule has 0 aliphatic rings. The lowest BCUT2D eigenvalue weighted by molar-refractivity contribution is -0.00575. The first kappa shape index (κ1) is 13.6. The highest BCUT2D eigenvalue weighted by atomic mass is 19.3. The topological polar surface area (TPSA) is 33.1 Å². The zero-order valence-electron chi connectivity index (χ0n) is 10.8. The molecule has 0 aliphatic heterocycles. The smallest absolute Gasteiger partial charge is 0.268 e. The highest BCUT2D eigenvalue weighted by Crippen LogP contribution is 2.27. The lowest BCUT2D eigenvalue weighted by Gasteiger charge is -2.12. The minimum atomic E-state index is -2.78. The molecule has 1 N–H and O–H groups in total. The number of benzene rings is 1. The molecular formula is C15H15F2NO. The van der Waals surface area contributed by atoms with Gasteiger partial charge in [0.15, 0.2) is 0 Å². The summed E-state index contributed by atoms with van der Waals surface area (Å²) in [5.41, 5.74) is 3.62. The van der Waals surface area contributed by atoms with E-state index in [4.69, 9.17) is 0 Å². The van der Waals surface area contributed by atoms with E-state index in [1.165, 1.54) is 6.07 Å². The molecule has 2 aromatic rings. The Balaban J connectivity index is 2.43. The number of pyridine rings is 1. The van der Waals surface area contributed by atoms with E-state index in [0.717, 1.165) is 22.5 Å². The van der Waals surface area contributed by atoms with Gasteiger partial charge in [0.25, 0.3) is 6.43 Å². The van der Waals surface area contributed by atoms with Crippen LogP contribution in [0.1, 0.15) is 23.1 Å². The van der Waals surface area contributed by atoms with E-state index in [2.05, 4.69) is 4.98 Å². The van der Waals surface area contributed by atoms with Crippen LogP contribution in [0.5, 0.6) is 0 Å². The molecule has 0 bridgehead atoms. The van der Waals surface area contributed by atoms with Gasteiger partial charge >= 0.3 is 0 Å². The van der Waals surface area contributed by atoms with Crippen LogP contribution in [0.3, 0.4) is 0 Å². The number of aliphatic hydroxyl groups is 1. The van der Waals surface area contributed by atoms with Gasteiger partial charge in [0.2, 0.25) is 0 Å². The van der Waals surface area contributed by atoms with Crippen molar-refractivity contribution in [2.75, 3.05) is 0 Å². The fourth-order valence-electron chi connectivity index (χ4n) is 2.03. The molecule has 0 saturated heterocycles. The van der Waals surface area contributed by atoms with E-state index in [1.54, 1.807) is 12.1 Å². The van der Waals surface area contributed by atoms with Gasteiger partial charge in [-0.2, -0.15) is 0 Å². The molecule has 0 saturated carbocycles. The quantitative estimate of drug-likeness (QED) is 0.916. The maximum atomic E-state index is 12.5. The molecule has 1 atom stereocenters. The SMILES string of the molecule is Cc1ccc(-c2cccc(C(O)C(F)F)c2)c(C)n1. The second kappa shape index (κ2) is 5.45. The van der Waals surface area contributed by atoms with Gasteiger partial charge in [-0.3, -0.25) is 4.98 Å². The highest BCUT2D eigenvalue weighted by Gasteiger charge is 2.19. The number of hydrogen-bond acceptors (Lipinski definition) is 2. The Labute approximate surface area is 110 Å². The number of rotatable bonds is 3. The number of aromatic nitrogens is 1. The summed E-state index contributed by atoms with van der Waals surface area (Å²) in [7, 11) is 0. The van der Waals surface area contributed by atoms with Gasteiger partial charge in [0, 0.05) is 17.0 Å². The van der Waals surface area contributed by atoms with E-state index in [-0.39, 0.29) is 5.56 Å². The third kappa shape index (κ3) is 2.96. The monoisotopic (exact) mass is 263 g/mol. The molecule has 100 valence electrons. The zero-order valence-corrected chi connectivity index (χ0v) is 10.8. The Morgan fingerprint density at radius 2 is 1.84 bits per heavy atom. The largest absolute Gasteiger partial charge is 0.382 e. The summed E-state index contributed by atoms with van der Waals surface area (Å²) in [6, 6.07) is 10.3. The second-order valence-corrected chi connectivity index (χ2v) is 4.49. The van der Waals surface area contributed by atoms with E-state index in [1.807, 2.05) is 32.0 Å². The molecule has 2 rings (SSSR count). The fourth-order valence-corrected chi connectivity index (χ4v) is 2.03. The Bertz CT molecular complexity index is 584. The van der Waals surface area contributed by atoms with Gasteiger partial charge in [-0.25, -0.2) is 8.78 Å². The van der Waals surface area contributed by atoms with Gasteiger partial charge in [0.1, 0.15) is 6.10 Å². The second-order valence-electron chi connectivity index (χ2n) is 4.49. The number of alkyl halides is 2. The van der Waals surface area contributed by atoms with Crippen LogP contribution >= 0.6 is 0 Å². The number of aliphatic hydroxyl groups excluding tert-OH is 1. The van der Waals surface area contributed by atoms with Crippen LogP contribution < -0.4 is 0 Å². The Hall–Kier alpha value is -1.81. The van der Waals surface area contributed by atoms with Crippen LogP contribution in [0.4, 0.5) is 8.78 Å². The van der Waals surface area contributed by atoms with Crippen LogP contribution in [0.15, 0.2) is 36.4 Å². The summed E-state index contributed by atoms with van der Waals surface area (Å²) in [4.78, 5) is 4.35. The molecule has 1 heterocycles. The van der Waals surface area contributed by atoms with Crippen molar-refractivity contribution in [3.63, 3.8) is 0 Å². The van der Waals surface area contributed by atoms with Crippen molar-refractivity contribution in [3.8, 4) is 11.1 Å². The average Bonchev–Trinajstić information content (AvgIpc) is 2.38. The van der Waals surface area contributed by atoms with Gasteiger partial charge < -0.3 is 5.11 Å². The Morgan fingerprint density at radius 3 is 2.47 bits per heavy atom. The van der Waals surface area contributed by atoms with Gasteiger partial charge in [0.05, 0.1) is 0 Å². The highest BCUT2D eigenvalue weighted by molar-refractivity contribution is 5.66. The molecule has 1 aromatic heterocycles. The minimum absolute atomic E-state index is 0.215. The molecule has 2 nitrogen and oxygen atoms in total. The summed E-state index contributed by atoms with van der Waals surface area (Å²) in [6.45, 7) is 3.77. The maximum absolute atomic E-state index is 12.5. The summed E-state index contributed by atoms with van der Waals surface area (Å²) in [6.07, 6.45) is -4.54. The summed E-state index contributed by atoms with van der Waals surface area (Å²) in [5.74, 6) is 0. The van der Waals surface area contributed by atoms with Crippen molar-refractivity contribution < 1.29 is 13.9 Å². The number of nitrogens with zero attached hydrogens (tertiary/aromatic N) is 1. The maximum Gasteiger partial charge on any atom is 0.268 e. The first-order valence-corrected chi connectivity index (χ1v) is 6.00. The van der Waals surface area contributed by atoms with Crippen LogP contribution in [0.2, 0.25) is 0 Å². The molecule has 19 heavy (non-hydrogen) atoms. The number of halogens is 2. The van der Waals surface area contributed by atoms with Gasteiger partial charge in [-0.1, -0.05) is 24.3 Å². The van der Waals surface area contributed by atoms with Gasteiger partial charge in [-0.15, -0.1) is 0 Å². The minimum Gasteiger partial charge on any atom is -0.382 e. The lowest BCUT2D eigenvalue weighted by Crippen LogP contribution is -2.07. The van der Waals surface area contributed by atoms with E-state index >= 15 is 0 Å². The van der Waals surface area contributed by atoms with Crippen molar-refractivity contribution in [3.05, 3.63) is 53.3 Å². The molecule has 0 amide bonds. The molecule has 0 aliphatic carbocycles. The molecule has 4 heteroatoms. The standard InChI is InChI=1S/C15H15F2NO/c1-9-6-7-13(10(2)18-9)11-4-3-5-12(8-11)14(19)15(16)17/h3-8,14-15,19H,1-2H3. The number of aryl methyl sites for hydroxylation is 2. The molecular weight excluding hydrogens is 248 g/mol. The first-order chi connectivity index (χ1) is 8.99. The predicted octanol–water partition coefficient (Wildman–Crippen LogP) is 3.66. The third-order valence-electron chi connectivity index (χ3n) is 3.00. The molecule has 0 spiro atoms. The van der Waals surface area contributed by atoms with Crippen LogP contribution in [-0.4, -0.2) is 16.5 Å². The Morgan fingerprint density at radius 1 is 1.11 bits per heavy atom. The summed E-state index contributed by atoms with van der Waals surface area (Å²) in [5, 5.41) is 9.42. The van der Waals surface area contributed by atoms with E-state index < -0.39 is 12.5 Å². The number of hydrogen-bond donors (Lipinski definition) is 1. The van der Waals surface area contributed by atoms with Gasteiger partial charge in [-0.05, 0) is 37.1 Å². The fraction of sp³-hybridized carbons (Fsp3) is 0.267. The Kier molecular flexibility index (Phi) is 3.90. The first-order valence-electron chi connectivity index (χ1n) is 6.00. The summed E-state index contributed by atoms with van der Waals surface area (Å²) < 4.78 is 25.0. The van der Waals surface area contributed by atoms with E-state index in [9.17, 15) is 13.9 Å². The van der Waals surface area contributed by atoms with Crippen LogP contribution in [-0.2, 0) is 0 Å².